The average molecular weight is 234 g/mol. The number of aromatic nitrogens is 2. The Morgan fingerprint density at radius 3 is 2.47 bits per heavy atom. The summed E-state index contributed by atoms with van der Waals surface area (Å²) in [7, 11) is 0. The van der Waals surface area contributed by atoms with Crippen LogP contribution in [0.25, 0.3) is 11.3 Å². The molecule has 0 radical (unpaired) electrons. The largest absolute Gasteiger partial charge is 0.378 e. The number of rotatable bonds is 2. The standard InChI is InChI=1S/C10H7FN4O2/c11-7-3-1-6(2-4-7)8-9(15(16)17)10(12)14-5-13-8/h1-5H,(H2,12,13,14). The summed E-state index contributed by atoms with van der Waals surface area (Å²) < 4.78 is 12.7. The van der Waals surface area contributed by atoms with Gasteiger partial charge in [0, 0.05) is 5.56 Å². The first-order chi connectivity index (χ1) is 8.09. The van der Waals surface area contributed by atoms with Gasteiger partial charge < -0.3 is 5.73 Å². The van der Waals surface area contributed by atoms with Crippen molar-refractivity contribution in [2.45, 2.75) is 0 Å². The number of nitrogens with zero attached hydrogens (tertiary/aromatic N) is 3. The monoisotopic (exact) mass is 234 g/mol. The first-order valence-corrected chi connectivity index (χ1v) is 4.60. The molecule has 2 N–H and O–H groups in total. The number of benzene rings is 1. The van der Waals surface area contributed by atoms with E-state index in [1.54, 1.807) is 0 Å². The third-order valence-corrected chi connectivity index (χ3v) is 2.15. The van der Waals surface area contributed by atoms with Crippen LogP contribution in [-0.4, -0.2) is 14.9 Å². The molecule has 0 saturated heterocycles. The molecule has 0 bridgehead atoms. The minimum Gasteiger partial charge on any atom is -0.378 e. The van der Waals surface area contributed by atoms with E-state index in [2.05, 4.69) is 9.97 Å². The Kier molecular flexibility index (Phi) is 2.65. The fraction of sp³-hybridized carbons (Fsp3) is 0. The van der Waals surface area contributed by atoms with Crippen LogP contribution in [0.2, 0.25) is 0 Å². The number of halogens is 1. The smallest absolute Gasteiger partial charge is 0.337 e. The lowest BCUT2D eigenvalue weighted by atomic mass is 10.1. The van der Waals surface area contributed by atoms with E-state index in [0.29, 0.717) is 5.56 Å². The van der Waals surface area contributed by atoms with Gasteiger partial charge in [0.1, 0.15) is 12.1 Å². The van der Waals surface area contributed by atoms with E-state index in [-0.39, 0.29) is 17.2 Å². The van der Waals surface area contributed by atoms with Gasteiger partial charge in [0.25, 0.3) is 0 Å². The quantitative estimate of drug-likeness (QED) is 0.631. The first-order valence-electron chi connectivity index (χ1n) is 4.60. The highest BCUT2D eigenvalue weighted by atomic mass is 19.1. The van der Waals surface area contributed by atoms with Gasteiger partial charge in [0.2, 0.25) is 5.82 Å². The summed E-state index contributed by atoms with van der Waals surface area (Å²) in [6.07, 6.45) is 1.13. The topological polar surface area (TPSA) is 94.9 Å². The summed E-state index contributed by atoms with van der Waals surface area (Å²) >= 11 is 0. The summed E-state index contributed by atoms with van der Waals surface area (Å²) in [6, 6.07) is 5.17. The van der Waals surface area contributed by atoms with Gasteiger partial charge in [-0.05, 0) is 24.3 Å². The van der Waals surface area contributed by atoms with Crippen molar-refractivity contribution in [2.24, 2.45) is 0 Å². The third kappa shape index (κ3) is 2.03. The second kappa shape index (κ2) is 4.12. The van der Waals surface area contributed by atoms with Crippen molar-refractivity contribution < 1.29 is 9.31 Å². The van der Waals surface area contributed by atoms with E-state index in [0.717, 1.165) is 6.33 Å². The molecule has 0 aliphatic carbocycles. The second-order valence-corrected chi connectivity index (χ2v) is 3.22. The van der Waals surface area contributed by atoms with Crippen molar-refractivity contribution in [1.29, 1.82) is 0 Å². The van der Waals surface area contributed by atoms with Gasteiger partial charge in [0.05, 0.1) is 4.92 Å². The van der Waals surface area contributed by atoms with Crippen LogP contribution in [0.4, 0.5) is 15.9 Å². The van der Waals surface area contributed by atoms with Crippen LogP contribution >= 0.6 is 0 Å². The molecule has 0 unspecified atom stereocenters. The number of nitrogen functional groups attached to an aromatic ring is 1. The molecule has 1 heterocycles. The zero-order valence-electron chi connectivity index (χ0n) is 8.50. The molecule has 86 valence electrons. The van der Waals surface area contributed by atoms with E-state index in [1.807, 2.05) is 0 Å². The molecule has 0 amide bonds. The minimum atomic E-state index is -0.659. The molecule has 0 spiro atoms. The fourth-order valence-corrected chi connectivity index (χ4v) is 1.39. The first kappa shape index (κ1) is 10.9. The normalized spacial score (nSPS) is 10.2. The lowest BCUT2D eigenvalue weighted by Crippen LogP contribution is -2.02. The van der Waals surface area contributed by atoms with E-state index in [4.69, 9.17) is 5.73 Å². The highest BCUT2D eigenvalue weighted by Gasteiger charge is 2.21. The Balaban J connectivity index is 2.63. The van der Waals surface area contributed by atoms with Crippen molar-refractivity contribution in [2.75, 3.05) is 5.73 Å². The van der Waals surface area contributed by atoms with Gasteiger partial charge in [-0.3, -0.25) is 10.1 Å². The number of hydrogen-bond donors (Lipinski definition) is 1. The maximum atomic E-state index is 12.7. The number of hydrogen-bond acceptors (Lipinski definition) is 5. The average Bonchev–Trinajstić information content (AvgIpc) is 2.29. The molecule has 0 fully saturated rings. The molecule has 0 aliphatic heterocycles. The zero-order valence-corrected chi connectivity index (χ0v) is 8.50. The molecule has 7 heteroatoms. The molecule has 2 aromatic rings. The van der Waals surface area contributed by atoms with Crippen LogP contribution in [0.5, 0.6) is 0 Å². The van der Waals surface area contributed by atoms with Crippen LogP contribution < -0.4 is 5.73 Å². The van der Waals surface area contributed by atoms with E-state index in [1.165, 1.54) is 24.3 Å². The molecule has 6 nitrogen and oxygen atoms in total. The number of nitrogens with two attached hydrogens (primary N) is 1. The summed E-state index contributed by atoms with van der Waals surface area (Å²) in [4.78, 5) is 17.6. The SMILES string of the molecule is Nc1ncnc(-c2ccc(F)cc2)c1[N+](=O)[O-]. The van der Waals surface area contributed by atoms with Gasteiger partial charge >= 0.3 is 5.69 Å². The summed E-state index contributed by atoms with van der Waals surface area (Å²) in [5.41, 5.74) is 5.53. The van der Waals surface area contributed by atoms with Crippen LogP contribution in [0, 0.1) is 15.9 Å². The highest BCUT2D eigenvalue weighted by Crippen LogP contribution is 2.30. The Morgan fingerprint density at radius 1 is 1.24 bits per heavy atom. The van der Waals surface area contributed by atoms with Gasteiger partial charge in [-0.15, -0.1) is 0 Å². The highest BCUT2D eigenvalue weighted by molar-refractivity contribution is 5.75. The maximum Gasteiger partial charge on any atom is 0.337 e. The Hall–Kier alpha value is -2.57. The van der Waals surface area contributed by atoms with Gasteiger partial charge in [-0.25, -0.2) is 14.4 Å². The van der Waals surface area contributed by atoms with Crippen LogP contribution in [-0.2, 0) is 0 Å². The lowest BCUT2D eigenvalue weighted by Gasteiger charge is -2.03. The predicted molar refractivity (Wildman–Crippen MR) is 58.5 cm³/mol. The Morgan fingerprint density at radius 2 is 1.88 bits per heavy atom. The predicted octanol–water partition coefficient (Wildman–Crippen LogP) is 1.77. The van der Waals surface area contributed by atoms with E-state index >= 15 is 0 Å². The van der Waals surface area contributed by atoms with E-state index < -0.39 is 10.7 Å². The van der Waals surface area contributed by atoms with Crippen molar-refractivity contribution >= 4 is 11.5 Å². The molecule has 0 atom stereocenters. The minimum absolute atomic E-state index is 0.0718. The number of anilines is 1. The molecule has 2 rings (SSSR count). The maximum absolute atomic E-state index is 12.7. The van der Waals surface area contributed by atoms with Crippen LogP contribution in [0.15, 0.2) is 30.6 Å². The van der Waals surface area contributed by atoms with Crippen LogP contribution in [0.3, 0.4) is 0 Å². The van der Waals surface area contributed by atoms with Gasteiger partial charge in [-0.2, -0.15) is 0 Å². The van der Waals surface area contributed by atoms with Crippen molar-refractivity contribution in [3.8, 4) is 11.3 Å². The van der Waals surface area contributed by atoms with Gasteiger partial charge in [0.15, 0.2) is 5.69 Å². The third-order valence-electron chi connectivity index (χ3n) is 2.15. The second-order valence-electron chi connectivity index (χ2n) is 3.22. The van der Waals surface area contributed by atoms with Crippen molar-refractivity contribution in [3.05, 3.63) is 46.5 Å². The fourth-order valence-electron chi connectivity index (χ4n) is 1.39. The molecule has 17 heavy (non-hydrogen) atoms. The van der Waals surface area contributed by atoms with E-state index in [9.17, 15) is 14.5 Å². The van der Waals surface area contributed by atoms with Crippen LogP contribution in [0.1, 0.15) is 0 Å². The molecular formula is C10H7FN4O2. The zero-order chi connectivity index (χ0) is 12.4. The summed E-state index contributed by atoms with van der Waals surface area (Å²) in [6.45, 7) is 0. The molecule has 1 aromatic carbocycles. The Labute approximate surface area is 95.1 Å². The molecule has 0 saturated carbocycles. The molecule has 0 aliphatic rings. The Bertz CT molecular complexity index is 571. The van der Waals surface area contributed by atoms with Gasteiger partial charge in [-0.1, -0.05) is 0 Å². The lowest BCUT2D eigenvalue weighted by molar-refractivity contribution is -0.383. The number of nitro groups is 1. The molecular weight excluding hydrogens is 227 g/mol. The van der Waals surface area contributed by atoms with Crippen molar-refractivity contribution in [3.63, 3.8) is 0 Å². The summed E-state index contributed by atoms with van der Waals surface area (Å²) in [5, 5.41) is 10.9. The van der Waals surface area contributed by atoms with Crippen molar-refractivity contribution in [1.82, 2.24) is 9.97 Å². The molecule has 1 aromatic heterocycles. The summed E-state index contributed by atoms with van der Waals surface area (Å²) in [5.74, 6) is -0.650.